The summed E-state index contributed by atoms with van der Waals surface area (Å²) in [5, 5.41) is 0. The van der Waals surface area contributed by atoms with Crippen molar-refractivity contribution in [2.24, 2.45) is 5.41 Å². The van der Waals surface area contributed by atoms with Gasteiger partial charge in [0.15, 0.2) is 0 Å². The molecule has 0 aromatic heterocycles. The van der Waals surface area contributed by atoms with Crippen LogP contribution in [0.3, 0.4) is 0 Å². The van der Waals surface area contributed by atoms with Gasteiger partial charge in [-0.3, -0.25) is 0 Å². The van der Waals surface area contributed by atoms with Gasteiger partial charge in [-0.05, 0) is 33.3 Å². The zero-order valence-electron chi connectivity index (χ0n) is 8.52. The molecule has 0 nitrogen and oxygen atoms in total. The maximum atomic E-state index is 3.17. The lowest BCUT2D eigenvalue weighted by Gasteiger charge is -2.09. The topological polar surface area (TPSA) is 0 Å². The molecule has 0 atom stereocenters. The van der Waals surface area contributed by atoms with Crippen LogP contribution in [0.4, 0.5) is 0 Å². The number of hydrogen-bond donors (Lipinski definition) is 0. The zero-order valence-corrected chi connectivity index (χ0v) is 8.52. The summed E-state index contributed by atoms with van der Waals surface area (Å²) in [6.45, 7) is 8.35. The molecule has 0 bridgehead atoms. The molecule has 0 radical (unpaired) electrons. The van der Waals surface area contributed by atoms with Gasteiger partial charge in [0.05, 0.1) is 0 Å². The SMILES string of the molecule is CC=CC(C)(C)C#CC=CCC. The summed E-state index contributed by atoms with van der Waals surface area (Å²) < 4.78 is 0. The average Bonchev–Trinajstić information content (AvgIpc) is 1.98. The van der Waals surface area contributed by atoms with Gasteiger partial charge in [0.2, 0.25) is 0 Å². The number of hydrogen-bond acceptors (Lipinski definition) is 0. The lowest BCUT2D eigenvalue weighted by atomic mass is 9.94. The second-order valence-corrected chi connectivity index (χ2v) is 3.30. The Morgan fingerprint density at radius 1 is 1.33 bits per heavy atom. The first kappa shape index (κ1) is 11.0. The molecule has 0 saturated carbocycles. The molecule has 0 aromatic rings. The van der Waals surface area contributed by atoms with Gasteiger partial charge < -0.3 is 0 Å². The third-order valence-corrected chi connectivity index (χ3v) is 1.41. The van der Waals surface area contributed by atoms with Gasteiger partial charge in [-0.15, -0.1) is 0 Å². The van der Waals surface area contributed by atoms with E-state index in [-0.39, 0.29) is 5.41 Å². The van der Waals surface area contributed by atoms with Crippen molar-refractivity contribution in [1.82, 2.24) is 0 Å². The van der Waals surface area contributed by atoms with Crippen LogP contribution in [-0.2, 0) is 0 Å². The Morgan fingerprint density at radius 2 is 2.00 bits per heavy atom. The van der Waals surface area contributed by atoms with E-state index in [9.17, 15) is 0 Å². The largest absolute Gasteiger partial charge is 0.0902 e. The van der Waals surface area contributed by atoms with Crippen molar-refractivity contribution in [3.05, 3.63) is 24.3 Å². The Hall–Kier alpha value is -0.960. The molecule has 0 amide bonds. The molecule has 0 aromatic carbocycles. The molecule has 0 rings (SSSR count). The van der Waals surface area contributed by atoms with Crippen LogP contribution in [0.2, 0.25) is 0 Å². The van der Waals surface area contributed by atoms with E-state index < -0.39 is 0 Å². The van der Waals surface area contributed by atoms with E-state index in [0.29, 0.717) is 0 Å². The Labute approximate surface area is 76.4 Å². The van der Waals surface area contributed by atoms with Crippen LogP contribution in [0.5, 0.6) is 0 Å². The van der Waals surface area contributed by atoms with Gasteiger partial charge in [-0.25, -0.2) is 0 Å². The van der Waals surface area contributed by atoms with Crippen LogP contribution in [0.1, 0.15) is 34.1 Å². The quantitative estimate of drug-likeness (QED) is 0.430. The van der Waals surface area contributed by atoms with Crippen LogP contribution >= 0.6 is 0 Å². The molecule has 12 heavy (non-hydrogen) atoms. The zero-order chi connectivity index (χ0) is 9.45. The summed E-state index contributed by atoms with van der Waals surface area (Å²) in [6.07, 6.45) is 9.20. The van der Waals surface area contributed by atoms with Gasteiger partial charge in [0.1, 0.15) is 0 Å². The van der Waals surface area contributed by atoms with Crippen LogP contribution in [0, 0.1) is 17.3 Å². The van der Waals surface area contributed by atoms with E-state index in [1.807, 2.05) is 19.1 Å². The average molecular weight is 162 g/mol. The van der Waals surface area contributed by atoms with Gasteiger partial charge >= 0.3 is 0 Å². The number of rotatable bonds is 2. The normalized spacial score (nSPS) is 12.0. The summed E-state index contributed by atoms with van der Waals surface area (Å²) in [5.41, 5.74) is 0.00678. The molecule has 0 heteroatoms. The first-order valence-corrected chi connectivity index (χ1v) is 4.44. The van der Waals surface area contributed by atoms with Crippen molar-refractivity contribution < 1.29 is 0 Å². The highest BCUT2D eigenvalue weighted by Gasteiger charge is 2.06. The van der Waals surface area contributed by atoms with E-state index in [4.69, 9.17) is 0 Å². The first-order valence-electron chi connectivity index (χ1n) is 4.44. The molecule has 66 valence electrons. The van der Waals surface area contributed by atoms with Gasteiger partial charge in [-0.1, -0.05) is 37.0 Å². The highest BCUT2D eigenvalue weighted by atomic mass is 14.1. The molecule has 0 aliphatic carbocycles. The van der Waals surface area contributed by atoms with Gasteiger partial charge in [0.25, 0.3) is 0 Å². The predicted octanol–water partition coefficient (Wildman–Crippen LogP) is 3.56. The molecular formula is C12H18. The summed E-state index contributed by atoms with van der Waals surface area (Å²) in [6, 6.07) is 0. The minimum Gasteiger partial charge on any atom is -0.0902 e. The Kier molecular flexibility index (Phi) is 5.21. The van der Waals surface area contributed by atoms with Crippen LogP contribution in [-0.4, -0.2) is 0 Å². The maximum absolute atomic E-state index is 3.17. The molecule has 0 aliphatic heterocycles. The Balaban J connectivity index is 4.18. The maximum Gasteiger partial charge on any atom is 0.0440 e. The summed E-state index contributed by atoms with van der Waals surface area (Å²) >= 11 is 0. The monoisotopic (exact) mass is 162 g/mol. The van der Waals surface area contributed by atoms with Crippen molar-refractivity contribution in [3.63, 3.8) is 0 Å². The molecule has 0 heterocycles. The van der Waals surface area contributed by atoms with E-state index in [2.05, 4.69) is 44.8 Å². The van der Waals surface area contributed by atoms with Crippen molar-refractivity contribution in [2.45, 2.75) is 34.1 Å². The molecule has 0 fully saturated rings. The van der Waals surface area contributed by atoms with Crippen LogP contribution in [0.15, 0.2) is 24.3 Å². The third kappa shape index (κ3) is 5.80. The Bertz CT molecular complexity index is 218. The highest BCUT2D eigenvalue weighted by molar-refractivity contribution is 5.23. The van der Waals surface area contributed by atoms with E-state index >= 15 is 0 Å². The smallest absolute Gasteiger partial charge is 0.0440 e. The standard InChI is InChI=1S/C12H18/c1-5-7-8-9-11-12(3,4)10-6-2/h6-8,10H,5H2,1-4H3. The summed E-state index contributed by atoms with van der Waals surface area (Å²) in [4.78, 5) is 0. The minimum absolute atomic E-state index is 0.00678. The minimum atomic E-state index is 0.00678. The van der Waals surface area contributed by atoms with E-state index in [1.54, 1.807) is 0 Å². The number of allylic oxidation sites excluding steroid dienone is 4. The van der Waals surface area contributed by atoms with Crippen LogP contribution < -0.4 is 0 Å². The molecule has 0 N–H and O–H groups in total. The van der Waals surface area contributed by atoms with Crippen molar-refractivity contribution >= 4 is 0 Å². The summed E-state index contributed by atoms with van der Waals surface area (Å²) in [5.74, 6) is 6.20. The molecule has 0 aliphatic rings. The van der Waals surface area contributed by atoms with Crippen molar-refractivity contribution in [1.29, 1.82) is 0 Å². The predicted molar refractivity (Wildman–Crippen MR) is 55.8 cm³/mol. The second kappa shape index (κ2) is 5.66. The fraction of sp³-hybridized carbons (Fsp3) is 0.500. The fourth-order valence-corrected chi connectivity index (χ4v) is 0.863. The van der Waals surface area contributed by atoms with Gasteiger partial charge in [0, 0.05) is 5.41 Å². The molecule has 0 saturated heterocycles. The summed E-state index contributed by atoms with van der Waals surface area (Å²) in [7, 11) is 0. The van der Waals surface area contributed by atoms with Crippen molar-refractivity contribution in [3.8, 4) is 11.8 Å². The molecule has 0 spiro atoms. The molecular weight excluding hydrogens is 144 g/mol. The fourth-order valence-electron chi connectivity index (χ4n) is 0.863. The third-order valence-electron chi connectivity index (χ3n) is 1.41. The first-order chi connectivity index (χ1) is 5.62. The van der Waals surface area contributed by atoms with E-state index in [0.717, 1.165) is 6.42 Å². The lowest BCUT2D eigenvalue weighted by Crippen LogP contribution is -2.01. The lowest BCUT2D eigenvalue weighted by molar-refractivity contribution is 0.654. The van der Waals surface area contributed by atoms with Crippen molar-refractivity contribution in [2.75, 3.05) is 0 Å². The second-order valence-electron chi connectivity index (χ2n) is 3.30. The van der Waals surface area contributed by atoms with Gasteiger partial charge in [-0.2, -0.15) is 0 Å². The van der Waals surface area contributed by atoms with Crippen LogP contribution in [0.25, 0.3) is 0 Å². The molecule has 0 unspecified atom stereocenters. The highest BCUT2D eigenvalue weighted by Crippen LogP contribution is 2.14. The Morgan fingerprint density at radius 3 is 2.50 bits per heavy atom. The van der Waals surface area contributed by atoms with E-state index in [1.165, 1.54) is 0 Å².